The highest BCUT2D eigenvalue weighted by Gasteiger charge is 2.20. The molecule has 0 aromatic heterocycles. The van der Waals surface area contributed by atoms with Crippen LogP contribution in [0.1, 0.15) is 194 Å². The fourth-order valence-electron chi connectivity index (χ4n) is 6.45. The number of nitrogens with zero attached hydrogens (tertiary/aromatic N) is 1. The first-order chi connectivity index (χ1) is 29.6. The number of unbranched alkanes of at least 4 members (excludes halogenated alkanes) is 19. The monoisotopic (exact) mass is 876 g/mol. The van der Waals surface area contributed by atoms with Gasteiger partial charge in [-0.05, 0) is 83.5 Å². The molecular weight excluding hydrogens is 782 g/mol. The SMILES string of the molecule is CC/C=C\C/C=C\C/C=C\C/C=C\CCCCCCCCCCCOCC(COP(=O)([O-])OCC[N+](C)(C)C)OC(=O)CCCCCCCCC/C=C\C/C=C\CCCCC. The van der Waals surface area contributed by atoms with Crippen LogP contribution in [0.15, 0.2) is 72.9 Å². The molecule has 0 aliphatic heterocycles. The molecule has 0 heterocycles. The Bertz CT molecular complexity index is 1200. The molecule has 0 aromatic rings. The summed E-state index contributed by atoms with van der Waals surface area (Å²) < 4.78 is 34.7. The first kappa shape index (κ1) is 58.9. The number of carbonyl (C=O) groups is 1. The predicted molar refractivity (Wildman–Crippen MR) is 259 cm³/mol. The van der Waals surface area contributed by atoms with E-state index in [0.29, 0.717) is 24.1 Å². The van der Waals surface area contributed by atoms with Crippen LogP contribution in [0.4, 0.5) is 0 Å². The van der Waals surface area contributed by atoms with Gasteiger partial charge in [-0.15, -0.1) is 0 Å². The predicted octanol–water partition coefficient (Wildman–Crippen LogP) is 14.4. The van der Waals surface area contributed by atoms with Crippen molar-refractivity contribution in [2.75, 3.05) is 54.1 Å². The molecular formula is C52H94NO7P. The molecule has 0 bridgehead atoms. The van der Waals surface area contributed by atoms with Gasteiger partial charge in [0.05, 0.1) is 34.4 Å². The Morgan fingerprint density at radius 1 is 0.525 bits per heavy atom. The molecule has 0 amide bonds. The molecule has 0 aliphatic rings. The highest BCUT2D eigenvalue weighted by Crippen LogP contribution is 2.38. The molecule has 0 rings (SSSR count). The lowest BCUT2D eigenvalue weighted by Gasteiger charge is -2.28. The summed E-state index contributed by atoms with van der Waals surface area (Å²) in [6.07, 6.45) is 57.7. The van der Waals surface area contributed by atoms with Crippen LogP contribution < -0.4 is 4.89 Å². The van der Waals surface area contributed by atoms with Gasteiger partial charge in [0.2, 0.25) is 0 Å². The van der Waals surface area contributed by atoms with Crippen LogP contribution in [-0.4, -0.2) is 70.7 Å². The molecule has 0 radical (unpaired) electrons. The maximum absolute atomic E-state index is 12.7. The standard InChI is InChI=1S/C52H94NO7P/c1-6-8-10-12-14-16-18-20-22-24-25-26-27-28-30-32-34-36-38-40-42-44-47-57-49-51(50-59-61(55,56)58-48-46-53(3,4)5)60-52(54)45-43-41-39-37-35-33-31-29-23-21-19-17-15-13-11-9-7-2/h8,10,14-17,20-23,25-26,51H,6-7,9,11-13,18-19,24,27-50H2,1-5H3/b10-8-,16-14-,17-15-,22-20-,23-21-,26-25-. The van der Waals surface area contributed by atoms with Gasteiger partial charge in [0.15, 0.2) is 0 Å². The number of carbonyl (C=O) groups excluding carboxylic acids is 1. The lowest BCUT2D eigenvalue weighted by atomic mass is 10.1. The molecule has 0 aromatic carbocycles. The van der Waals surface area contributed by atoms with E-state index in [9.17, 15) is 14.3 Å². The lowest BCUT2D eigenvalue weighted by Crippen LogP contribution is -2.37. The van der Waals surface area contributed by atoms with Crippen molar-refractivity contribution in [1.82, 2.24) is 0 Å². The first-order valence-corrected chi connectivity index (χ1v) is 26.1. The van der Waals surface area contributed by atoms with E-state index in [2.05, 4.69) is 86.8 Å². The van der Waals surface area contributed by atoms with Crippen LogP contribution in [0, 0.1) is 0 Å². The molecule has 0 saturated carbocycles. The van der Waals surface area contributed by atoms with Crippen LogP contribution in [0.25, 0.3) is 0 Å². The zero-order valence-corrected chi connectivity index (χ0v) is 41.0. The Morgan fingerprint density at radius 3 is 1.43 bits per heavy atom. The smallest absolute Gasteiger partial charge is 0.306 e. The van der Waals surface area contributed by atoms with Gasteiger partial charge in [0.25, 0.3) is 7.82 Å². The maximum atomic E-state index is 12.7. The average molecular weight is 876 g/mol. The minimum Gasteiger partial charge on any atom is -0.756 e. The second-order valence-corrected chi connectivity index (χ2v) is 18.8. The summed E-state index contributed by atoms with van der Waals surface area (Å²) in [5, 5.41) is 0. The van der Waals surface area contributed by atoms with E-state index in [-0.39, 0.29) is 25.8 Å². The number of esters is 1. The van der Waals surface area contributed by atoms with Crippen molar-refractivity contribution in [2.45, 2.75) is 200 Å². The van der Waals surface area contributed by atoms with Gasteiger partial charge < -0.3 is 27.9 Å². The summed E-state index contributed by atoms with van der Waals surface area (Å²) in [6.45, 7) is 5.25. The van der Waals surface area contributed by atoms with E-state index < -0.39 is 13.9 Å². The Morgan fingerprint density at radius 2 is 0.951 bits per heavy atom. The quantitative estimate of drug-likeness (QED) is 0.0198. The van der Waals surface area contributed by atoms with Crippen LogP contribution >= 0.6 is 7.82 Å². The molecule has 0 fully saturated rings. The van der Waals surface area contributed by atoms with Gasteiger partial charge in [0.1, 0.15) is 19.3 Å². The van der Waals surface area contributed by atoms with Gasteiger partial charge in [-0.3, -0.25) is 9.36 Å². The fraction of sp³-hybridized carbons (Fsp3) is 0.750. The zero-order valence-electron chi connectivity index (χ0n) is 40.1. The number of quaternary nitrogens is 1. The Kier molecular flexibility index (Phi) is 43.0. The van der Waals surface area contributed by atoms with E-state index in [0.717, 1.165) is 70.6 Å². The van der Waals surface area contributed by atoms with Crippen LogP contribution in [0.5, 0.6) is 0 Å². The molecule has 9 heteroatoms. The van der Waals surface area contributed by atoms with Crippen molar-refractivity contribution in [3.05, 3.63) is 72.9 Å². The second-order valence-electron chi connectivity index (χ2n) is 17.4. The number of allylic oxidation sites excluding steroid dienone is 12. The van der Waals surface area contributed by atoms with Crippen LogP contribution in [0.3, 0.4) is 0 Å². The summed E-state index contributed by atoms with van der Waals surface area (Å²) >= 11 is 0. The zero-order chi connectivity index (χ0) is 44.8. The summed E-state index contributed by atoms with van der Waals surface area (Å²) in [6, 6.07) is 0. The average Bonchev–Trinajstić information content (AvgIpc) is 3.22. The molecule has 2 unspecified atom stereocenters. The number of phosphoric acid groups is 1. The van der Waals surface area contributed by atoms with Crippen molar-refractivity contribution >= 4 is 13.8 Å². The number of hydrogen-bond donors (Lipinski definition) is 0. The second kappa shape index (κ2) is 44.5. The molecule has 8 nitrogen and oxygen atoms in total. The fourth-order valence-corrected chi connectivity index (χ4v) is 7.18. The van der Waals surface area contributed by atoms with Crippen molar-refractivity contribution < 1.29 is 37.3 Å². The van der Waals surface area contributed by atoms with E-state index in [4.69, 9.17) is 18.5 Å². The minimum absolute atomic E-state index is 0.0199. The molecule has 61 heavy (non-hydrogen) atoms. The molecule has 0 aliphatic carbocycles. The van der Waals surface area contributed by atoms with Gasteiger partial charge in [-0.1, -0.05) is 177 Å². The van der Waals surface area contributed by atoms with Gasteiger partial charge in [-0.2, -0.15) is 0 Å². The van der Waals surface area contributed by atoms with E-state index in [1.54, 1.807) is 0 Å². The van der Waals surface area contributed by atoms with Crippen molar-refractivity contribution in [3.8, 4) is 0 Å². The Labute approximate surface area is 376 Å². The number of ether oxygens (including phenoxy) is 2. The topological polar surface area (TPSA) is 94.1 Å². The summed E-state index contributed by atoms with van der Waals surface area (Å²) in [5.41, 5.74) is 0. The van der Waals surface area contributed by atoms with Gasteiger partial charge in [-0.25, -0.2) is 0 Å². The van der Waals surface area contributed by atoms with Crippen LogP contribution in [-0.2, 0) is 27.9 Å². The molecule has 354 valence electrons. The van der Waals surface area contributed by atoms with Crippen molar-refractivity contribution in [1.29, 1.82) is 0 Å². The molecule has 0 N–H and O–H groups in total. The minimum atomic E-state index is -4.54. The highest BCUT2D eigenvalue weighted by molar-refractivity contribution is 7.45. The van der Waals surface area contributed by atoms with Crippen molar-refractivity contribution in [3.63, 3.8) is 0 Å². The van der Waals surface area contributed by atoms with E-state index in [1.807, 2.05) is 21.1 Å². The number of likely N-dealkylation sites (N-methyl/N-ethyl adjacent to an activating group) is 1. The third-order valence-corrected chi connectivity index (χ3v) is 11.2. The van der Waals surface area contributed by atoms with E-state index >= 15 is 0 Å². The first-order valence-electron chi connectivity index (χ1n) is 24.7. The normalized spacial score (nSPS) is 14.3. The summed E-state index contributed by atoms with van der Waals surface area (Å²) in [7, 11) is 1.34. The Hall–Kier alpha value is -2.06. The molecule has 0 spiro atoms. The van der Waals surface area contributed by atoms with Crippen molar-refractivity contribution in [2.24, 2.45) is 0 Å². The maximum Gasteiger partial charge on any atom is 0.306 e. The number of rotatable bonds is 45. The third kappa shape index (κ3) is 48.8. The largest absolute Gasteiger partial charge is 0.756 e. The highest BCUT2D eigenvalue weighted by atomic mass is 31.2. The number of phosphoric ester groups is 1. The third-order valence-electron chi connectivity index (χ3n) is 10.2. The van der Waals surface area contributed by atoms with Gasteiger partial charge >= 0.3 is 5.97 Å². The van der Waals surface area contributed by atoms with E-state index in [1.165, 1.54) is 103 Å². The summed E-state index contributed by atoms with van der Waals surface area (Å²) in [4.78, 5) is 25.1. The number of hydrogen-bond acceptors (Lipinski definition) is 7. The van der Waals surface area contributed by atoms with Crippen LogP contribution in [0.2, 0.25) is 0 Å². The molecule has 2 atom stereocenters. The summed E-state index contributed by atoms with van der Waals surface area (Å²) in [5.74, 6) is -0.346. The molecule has 0 saturated heterocycles. The lowest BCUT2D eigenvalue weighted by molar-refractivity contribution is -0.870. The van der Waals surface area contributed by atoms with Gasteiger partial charge in [0, 0.05) is 13.0 Å². The Balaban J connectivity index is 4.19.